The van der Waals surface area contributed by atoms with E-state index in [2.05, 4.69) is 21.2 Å². The second kappa shape index (κ2) is 6.39. The molecule has 17 heavy (non-hydrogen) atoms. The molecule has 0 aliphatic carbocycles. The fourth-order valence-electron chi connectivity index (χ4n) is 1.21. The summed E-state index contributed by atoms with van der Waals surface area (Å²) in [5.74, 6) is -0.726. The normalized spacial score (nSPS) is 11.7. The second-order valence-corrected chi connectivity index (χ2v) is 4.37. The van der Waals surface area contributed by atoms with E-state index in [1.54, 1.807) is 38.1 Å². The van der Waals surface area contributed by atoms with E-state index < -0.39 is 12.0 Å². The number of rotatable bonds is 4. The highest BCUT2D eigenvalue weighted by Gasteiger charge is 2.17. The van der Waals surface area contributed by atoms with Gasteiger partial charge in [-0.05, 0) is 38.1 Å². The maximum atomic E-state index is 11.7. The van der Waals surface area contributed by atoms with Gasteiger partial charge in [0.05, 0.1) is 6.61 Å². The van der Waals surface area contributed by atoms with Crippen molar-refractivity contribution in [1.82, 2.24) is 5.32 Å². The van der Waals surface area contributed by atoms with E-state index in [-0.39, 0.29) is 5.91 Å². The average molecular weight is 300 g/mol. The first-order chi connectivity index (χ1) is 8.04. The van der Waals surface area contributed by atoms with E-state index in [1.807, 2.05) is 0 Å². The fraction of sp³-hybridized carbons (Fsp3) is 0.333. The Bertz CT molecular complexity index is 403. The third kappa shape index (κ3) is 4.19. The van der Waals surface area contributed by atoms with E-state index in [9.17, 15) is 9.59 Å². The molecule has 0 heterocycles. The minimum atomic E-state index is -0.647. The Hall–Kier alpha value is -1.36. The summed E-state index contributed by atoms with van der Waals surface area (Å²) in [5.41, 5.74) is 0.504. The molecule has 0 spiro atoms. The van der Waals surface area contributed by atoms with Crippen molar-refractivity contribution in [3.63, 3.8) is 0 Å². The highest BCUT2D eigenvalue weighted by Crippen LogP contribution is 2.10. The molecule has 1 unspecified atom stereocenters. The van der Waals surface area contributed by atoms with Gasteiger partial charge in [-0.3, -0.25) is 4.79 Å². The number of hydrogen-bond acceptors (Lipinski definition) is 3. The Kier molecular flexibility index (Phi) is 5.15. The van der Waals surface area contributed by atoms with Crippen LogP contribution in [0.3, 0.4) is 0 Å². The molecule has 1 aromatic rings. The van der Waals surface area contributed by atoms with Gasteiger partial charge in [-0.2, -0.15) is 0 Å². The van der Waals surface area contributed by atoms with E-state index in [0.29, 0.717) is 12.2 Å². The predicted molar refractivity (Wildman–Crippen MR) is 67.7 cm³/mol. The molecule has 1 N–H and O–H groups in total. The molecule has 0 fully saturated rings. The van der Waals surface area contributed by atoms with Gasteiger partial charge in [0.2, 0.25) is 0 Å². The molecule has 4 nitrogen and oxygen atoms in total. The zero-order valence-electron chi connectivity index (χ0n) is 9.70. The zero-order valence-corrected chi connectivity index (χ0v) is 11.3. The van der Waals surface area contributed by atoms with Crippen molar-refractivity contribution in [3.8, 4) is 0 Å². The van der Waals surface area contributed by atoms with Crippen molar-refractivity contribution in [3.05, 3.63) is 34.3 Å². The summed E-state index contributed by atoms with van der Waals surface area (Å²) in [5, 5.41) is 2.57. The standard InChI is InChI=1S/C12H14BrNO3/c1-3-17-12(16)8(2)14-11(15)9-4-6-10(13)7-5-9/h4-8H,3H2,1-2H3,(H,14,15). The van der Waals surface area contributed by atoms with Crippen molar-refractivity contribution in [2.45, 2.75) is 19.9 Å². The number of carbonyl (C=O) groups is 2. The van der Waals surface area contributed by atoms with Crippen LogP contribution in [-0.2, 0) is 9.53 Å². The maximum absolute atomic E-state index is 11.7. The van der Waals surface area contributed by atoms with E-state index >= 15 is 0 Å². The second-order valence-electron chi connectivity index (χ2n) is 3.45. The summed E-state index contributed by atoms with van der Waals surface area (Å²) in [6.45, 7) is 3.62. The SMILES string of the molecule is CCOC(=O)C(C)NC(=O)c1ccc(Br)cc1. The van der Waals surface area contributed by atoms with Gasteiger partial charge < -0.3 is 10.1 Å². The fourth-order valence-corrected chi connectivity index (χ4v) is 1.47. The van der Waals surface area contributed by atoms with Crippen LogP contribution in [-0.4, -0.2) is 24.5 Å². The quantitative estimate of drug-likeness (QED) is 0.867. The Morgan fingerprint density at radius 1 is 1.35 bits per heavy atom. The Labute approximate surface area is 108 Å². The lowest BCUT2D eigenvalue weighted by Gasteiger charge is -2.12. The summed E-state index contributed by atoms with van der Waals surface area (Å²) in [6.07, 6.45) is 0. The van der Waals surface area contributed by atoms with Gasteiger partial charge in [0.1, 0.15) is 6.04 Å². The lowest BCUT2D eigenvalue weighted by molar-refractivity contribution is -0.144. The smallest absolute Gasteiger partial charge is 0.328 e. The van der Waals surface area contributed by atoms with Crippen LogP contribution in [0.15, 0.2) is 28.7 Å². The van der Waals surface area contributed by atoms with Gasteiger partial charge in [0.15, 0.2) is 0 Å². The van der Waals surface area contributed by atoms with E-state index in [4.69, 9.17) is 4.74 Å². The van der Waals surface area contributed by atoms with Gasteiger partial charge in [0, 0.05) is 10.0 Å². The molecule has 1 rings (SSSR count). The number of halogens is 1. The topological polar surface area (TPSA) is 55.4 Å². The lowest BCUT2D eigenvalue weighted by Crippen LogP contribution is -2.39. The molecular weight excluding hydrogens is 286 g/mol. The van der Waals surface area contributed by atoms with Crippen molar-refractivity contribution < 1.29 is 14.3 Å². The first-order valence-corrected chi connectivity index (χ1v) is 6.07. The van der Waals surface area contributed by atoms with Gasteiger partial charge in [-0.25, -0.2) is 4.79 Å². The van der Waals surface area contributed by atoms with Crippen LogP contribution in [0.2, 0.25) is 0 Å². The molecule has 1 amide bonds. The molecule has 0 aromatic heterocycles. The van der Waals surface area contributed by atoms with Crippen LogP contribution in [0, 0.1) is 0 Å². The Balaban J connectivity index is 2.60. The van der Waals surface area contributed by atoms with Crippen LogP contribution in [0.1, 0.15) is 24.2 Å². The van der Waals surface area contributed by atoms with Crippen molar-refractivity contribution in [2.75, 3.05) is 6.61 Å². The van der Waals surface area contributed by atoms with Gasteiger partial charge in [-0.1, -0.05) is 15.9 Å². The Morgan fingerprint density at radius 3 is 2.47 bits per heavy atom. The molecule has 92 valence electrons. The molecule has 0 aliphatic rings. The number of ether oxygens (including phenoxy) is 1. The molecule has 1 aromatic carbocycles. The molecule has 0 aliphatic heterocycles. The number of nitrogens with one attached hydrogen (secondary N) is 1. The van der Waals surface area contributed by atoms with Crippen molar-refractivity contribution >= 4 is 27.8 Å². The summed E-state index contributed by atoms with van der Waals surface area (Å²) < 4.78 is 5.69. The number of carbonyl (C=O) groups excluding carboxylic acids is 2. The maximum Gasteiger partial charge on any atom is 0.328 e. The number of benzene rings is 1. The lowest BCUT2D eigenvalue weighted by atomic mass is 10.2. The highest BCUT2D eigenvalue weighted by atomic mass is 79.9. The summed E-state index contributed by atoms with van der Waals surface area (Å²) in [4.78, 5) is 23.1. The largest absolute Gasteiger partial charge is 0.464 e. The van der Waals surface area contributed by atoms with Crippen LogP contribution in [0.4, 0.5) is 0 Å². The minimum Gasteiger partial charge on any atom is -0.464 e. The molecular formula is C12H14BrNO3. The molecule has 0 saturated heterocycles. The average Bonchev–Trinajstić information content (AvgIpc) is 2.30. The van der Waals surface area contributed by atoms with Crippen LogP contribution in [0.5, 0.6) is 0 Å². The first-order valence-electron chi connectivity index (χ1n) is 5.27. The van der Waals surface area contributed by atoms with Gasteiger partial charge in [0.25, 0.3) is 5.91 Å². The number of hydrogen-bond donors (Lipinski definition) is 1. The third-order valence-electron chi connectivity index (χ3n) is 2.09. The van der Waals surface area contributed by atoms with Crippen molar-refractivity contribution in [2.24, 2.45) is 0 Å². The zero-order chi connectivity index (χ0) is 12.8. The van der Waals surface area contributed by atoms with E-state index in [0.717, 1.165) is 4.47 Å². The van der Waals surface area contributed by atoms with Crippen LogP contribution < -0.4 is 5.32 Å². The third-order valence-corrected chi connectivity index (χ3v) is 2.62. The summed E-state index contributed by atoms with van der Waals surface area (Å²) >= 11 is 3.28. The molecule has 5 heteroatoms. The van der Waals surface area contributed by atoms with Crippen LogP contribution >= 0.6 is 15.9 Å². The first kappa shape index (κ1) is 13.7. The van der Waals surface area contributed by atoms with Crippen LogP contribution in [0.25, 0.3) is 0 Å². The van der Waals surface area contributed by atoms with E-state index in [1.165, 1.54) is 0 Å². The predicted octanol–water partition coefficient (Wildman–Crippen LogP) is 2.13. The molecule has 1 atom stereocenters. The summed E-state index contributed by atoms with van der Waals surface area (Å²) in [7, 11) is 0. The highest BCUT2D eigenvalue weighted by molar-refractivity contribution is 9.10. The van der Waals surface area contributed by atoms with Gasteiger partial charge in [-0.15, -0.1) is 0 Å². The summed E-state index contributed by atoms with van der Waals surface area (Å²) in [6, 6.07) is 6.24. The molecule has 0 radical (unpaired) electrons. The molecule has 0 bridgehead atoms. The monoisotopic (exact) mass is 299 g/mol. The van der Waals surface area contributed by atoms with Crippen molar-refractivity contribution in [1.29, 1.82) is 0 Å². The number of amides is 1. The number of esters is 1. The molecule has 0 saturated carbocycles. The van der Waals surface area contributed by atoms with Gasteiger partial charge >= 0.3 is 5.97 Å². The minimum absolute atomic E-state index is 0.293. The Morgan fingerprint density at radius 2 is 1.94 bits per heavy atom.